The van der Waals surface area contributed by atoms with Crippen LogP contribution in [0, 0.1) is 10.1 Å². The number of aryl methyl sites for hydroxylation is 2. The average Bonchev–Trinajstić information content (AvgIpc) is 3.12. The van der Waals surface area contributed by atoms with Crippen molar-refractivity contribution in [1.29, 1.82) is 0 Å². The third-order valence-electron chi connectivity index (χ3n) is 4.13. The molecule has 0 spiro atoms. The maximum absolute atomic E-state index is 11.8. The first-order chi connectivity index (χ1) is 13.0. The molecule has 8 nitrogen and oxygen atoms in total. The Labute approximate surface area is 155 Å². The lowest BCUT2D eigenvalue weighted by Crippen LogP contribution is -2.23. The Bertz CT molecular complexity index is 880. The fourth-order valence-corrected chi connectivity index (χ4v) is 2.86. The van der Waals surface area contributed by atoms with Gasteiger partial charge in [-0.15, -0.1) is 0 Å². The number of fused-ring (bicyclic) bond motifs is 1. The van der Waals surface area contributed by atoms with Gasteiger partial charge in [0.2, 0.25) is 0 Å². The minimum atomic E-state index is -0.676. The summed E-state index contributed by atoms with van der Waals surface area (Å²) in [6.07, 6.45) is 3.20. The molecule has 0 saturated carbocycles. The van der Waals surface area contributed by atoms with Crippen LogP contribution in [0.1, 0.15) is 17.5 Å². The number of nitro benzene ring substituents is 1. The van der Waals surface area contributed by atoms with Gasteiger partial charge in [-0.2, -0.15) is 0 Å². The highest BCUT2D eigenvalue weighted by atomic mass is 16.6. The first-order valence-corrected chi connectivity index (χ1v) is 8.46. The van der Waals surface area contributed by atoms with Gasteiger partial charge in [-0.3, -0.25) is 14.9 Å². The van der Waals surface area contributed by atoms with Crippen LogP contribution < -0.4 is 10.1 Å². The van der Waals surface area contributed by atoms with Crippen LogP contribution in [0.2, 0.25) is 0 Å². The molecule has 27 heavy (non-hydrogen) atoms. The van der Waals surface area contributed by atoms with Gasteiger partial charge in [-0.1, -0.05) is 12.1 Å². The number of amides is 1. The van der Waals surface area contributed by atoms with Gasteiger partial charge >= 0.3 is 5.97 Å². The number of hydrogen-bond donors (Lipinski definition) is 1. The van der Waals surface area contributed by atoms with E-state index in [1.807, 2.05) is 18.2 Å². The molecule has 2 aromatic carbocycles. The lowest BCUT2D eigenvalue weighted by atomic mass is 10.1. The lowest BCUT2D eigenvalue weighted by Gasteiger charge is -2.09. The van der Waals surface area contributed by atoms with E-state index in [9.17, 15) is 19.7 Å². The van der Waals surface area contributed by atoms with Crippen molar-refractivity contribution < 1.29 is 24.0 Å². The number of nitro groups is 1. The Kier molecular flexibility index (Phi) is 5.65. The van der Waals surface area contributed by atoms with Crippen LogP contribution >= 0.6 is 0 Å². The second-order valence-electron chi connectivity index (χ2n) is 6.09. The summed E-state index contributed by atoms with van der Waals surface area (Å²) in [6.45, 7) is -0.808. The van der Waals surface area contributed by atoms with Gasteiger partial charge in [-0.05, 0) is 48.6 Å². The highest BCUT2D eigenvalue weighted by molar-refractivity contribution is 5.93. The number of ether oxygens (including phenoxy) is 2. The fraction of sp³-hybridized carbons (Fsp3) is 0.263. The monoisotopic (exact) mass is 370 g/mol. The van der Waals surface area contributed by atoms with E-state index in [0.29, 0.717) is 5.75 Å². The number of carbonyl (C=O) groups is 2. The van der Waals surface area contributed by atoms with Gasteiger partial charge in [0, 0.05) is 17.8 Å². The molecular formula is C19H18N2O6. The number of nitrogens with zero attached hydrogens (tertiary/aromatic N) is 1. The van der Waals surface area contributed by atoms with E-state index in [-0.39, 0.29) is 18.0 Å². The maximum Gasteiger partial charge on any atom is 0.344 e. The van der Waals surface area contributed by atoms with E-state index < -0.39 is 23.4 Å². The summed E-state index contributed by atoms with van der Waals surface area (Å²) >= 11 is 0. The Balaban J connectivity index is 1.43. The lowest BCUT2D eigenvalue weighted by molar-refractivity contribution is -0.384. The van der Waals surface area contributed by atoms with Crippen LogP contribution in [0.5, 0.6) is 5.75 Å². The van der Waals surface area contributed by atoms with Gasteiger partial charge in [0.1, 0.15) is 5.75 Å². The van der Waals surface area contributed by atoms with Gasteiger partial charge in [0.05, 0.1) is 4.92 Å². The van der Waals surface area contributed by atoms with E-state index in [2.05, 4.69) is 5.32 Å². The zero-order valence-corrected chi connectivity index (χ0v) is 14.5. The molecule has 2 aromatic rings. The largest absolute Gasteiger partial charge is 0.482 e. The summed E-state index contributed by atoms with van der Waals surface area (Å²) in [7, 11) is 0. The van der Waals surface area contributed by atoms with Crippen molar-refractivity contribution in [1.82, 2.24) is 0 Å². The van der Waals surface area contributed by atoms with Crippen LogP contribution in [-0.2, 0) is 27.2 Å². The molecule has 8 heteroatoms. The standard InChI is InChI=1S/C19H18N2O6/c22-18(20-15-5-2-6-16(10-15)21(24)25)11-27-19(23)12-26-17-8-7-13-3-1-4-14(13)9-17/h2,5-10H,1,3-4,11-12H2,(H,20,22). The van der Waals surface area contributed by atoms with Gasteiger partial charge < -0.3 is 14.8 Å². The maximum atomic E-state index is 11.8. The van der Waals surface area contributed by atoms with Crippen molar-refractivity contribution in [3.8, 4) is 5.75 Å². The smallest absolute Gasteiger partial charge is 0.344 e. The van der Waals surface area contributed by atoms with Crippen molar-refractivity contribution in [2.45, 2.75) is 19.3 Å². The molecule has 1 aliphatic rings. The average molecular weight is 370 g/mol. The Morgan fingerprint density at radius 2 is 1.89 bits per heavy atom. The Morgan fingerprint density at radius 1 is 1.07 bits per heavy atom. The summed E-state index contributed by atoms with van der Waals surface area (Å²) in [5, 5.41) is 13.1. The molecule has 0 fully saturated rings. The number of carbonyl (C=O) groups excluding carboxylic acids is 2. The zero-order valence-electron chi connectivity index (χ0n) is 14.5. The van der Waals surface area contributed by atoms with E-state index in [1.54, 1.807) is 0 Å². The number of esters is 1. The molecule has 0 aliphatic heterocycles. The van der Waals surface area contributed by atoms with Crippen LogP contribution in [-0.4, -0.2) is 30.0 Å². The van der Waals surface area contributed by atoms with Crippen LogP contribution in [0.4, 0.5) is 11.4 Å². The third kappa shape index (κ3) is 5.04. The summed E-state index contributed by atoms with van der Waals surface area (Å²) in [4.78, 5) is 33.7. The molecule has 0 saturated heterocycles. The minimum absolute atomic E-state index is 0.146. The van der Waals surface area contributed by atoms with E-state index >= 15 is 0 Å². The predicted octanol–water partition coefficient (Wildman–Crippen LogP) is 2.64. The molecule has 0 radical (unpaired) electrons. The second kappa shape index (κ2) is 8.31. The van der Waals surface area contributed by atoms with Crippen LogP contribution in [0.25, 0.3) is 0 Å². The van der Waals surface area contributed by atoms with E-state index in [4.69, 9.17) is 9.47 Å². The number of non-ortho nitro benzene ring substituents is 1. The Hall–Kier alpha value is -3.42. The zero-order chi connectivity index (χ0) is 19.2. The summed E-state index contributed by atoms with van der Waals surface area (Å²) in [6, 6.07) is 11.2. The molecule has 0 atom stereocenters. The summed E-state index contributed by atoms with van der Waals surface area (Å²) < 4.78 is 10.3. The van der Waals surface area contributed by atoms with Crippen molar-refractivity contribution >= 4 is 23.3 Å². The first kappa shape index (κ1) is 18.4. The molecule has 1 amide bonds. The third-order valence-corrected chi connectivity index (χ3v) is 4.13. The van der Waals surface area contributed by atoms with Gasteiger partial charge in [0.15, 0.2) is 13.2 Å². The Morgan fingerprint density at radius 3 is 2.70 bits per heavy atom. The van der Waals surface area contributed by atoms with E-state index in [1.165, 1.54) is 35.4 Å². The van der Waals surface area contributed by atoms with Crippen molar-refractivity contribution in [3.63, 3.8) is 0 Å². The quantitative estimate of drug-likeness (QED) is 0.456. The number of benzene rings is 2. The van der Waals surface area contributed by atoms with Gasteiger partial charge in [-0.25, -0.2) is 4.79 Å². The number of anilines is 1. The number of hydrogen-bond acceptors (Lipinski definition) is 6. The fourth-order valence-electron chi connectivity index (χ4n) is 2.86. The van der Waals surface area contributed by atoms with Gasteiger partial charge in [0.25, 0.3) is 11.6 Å². The van der Waals surface area contributed by atoms with Crippen molar-refractivity contribution in [3.05, 3.63) is 63.7 Å². The minimum Gasteiger partial charge on any atom is -0.482 e. The first-order valence-electron chi connectivity index (χ1n) is 8.46. The number of rotatable bonds is 7. The molecule has 0 aromatic heterocycles. The highest BCUT2D eigenvalue weighted by Crippen LogP contribution is 2.26. The number of nitrogens with one attached hydrogen (secondary N) is 1. The normalized spacial score (nSPS) is 12.1. The van der Waals surface area contributed by atoms with Crippen molar-refractivity contribution in [2.24, 2.45) is 0 Å². The summed E-state index contributed by atoms with van der Waals surface area (Å²) in [5.41, 5.74) is 2.65. The molecule has 0 bridgehead atoms. The molecular weight excluding hydrogens is 352 g/mol. The highest BCUT2D eigenvalue weighted by Gasteiger charge is 2.13. The van der Waals surface area contributed by atoms with Crippen LogP contribution in [0.15, 0.2) is 42.5 Å². The molecule has 1 N–H and O–H groups in total. The predicted molar refractivity (Wildman–Crippen MR) is 96.6 cm³/mol. The van der Waals surface area contributed by atoms with E-state index in [0.717, 1.165) is 19.3 Å². The van der Waals surface area contributed by atoms with Crippen LogP contribution in [0.3, 0.4) is 0 Å². The molecule has 0 heterocycles. The van der Waals surface area contributed by atoms with Crippen molar-refractivity contribution in [2.75, 3.05) is 18.5 Å². The summed E-state index contributed by atoms with van der Waals surface area (Å²) in [5.74, 6) is -0.681. The molecule has 3 rings (SSSR count). The molecule has 0 unspecified atom stereocenters. The topological polar surface area (TPSA) is 108 Å². The molecule has 1 aliphatic carbocycles. The second-order valence-corrected chi connectivity index (χ2v) is 6.09. The SMILES string of the molecule is O=C(COC(=O)COc1ccc2c(c1)CCC2)Nc1cccc([N+](=O)[O-])c1. The molecule has 140 valence electrons.